The summed E-state index contributed by atoms with van der Waals surface area (Å²) in [5.41, 5.74) is 8.92. The highest BCUT2D eigenvalue weighted by Gasteiger charge is 2.26. The molecule has 2 unspecified atom stereocenters. The highest BCUT2D eigenvalue weighted by molar-refractivity contribution is 5.37. The first kappa shape index (κ1) is 14.3. The van der Waals surface area contributed by atoms with Gasteiger partial charge in [-0.3, -0.25) is 4.98 Å². The van der Waals surface area contributed by atoms with E-state index in [9.17, 15) is 0 Å². The van der Waals surface area contributed by atoms with Crippen LogP contribution in [0.3, 0.4) is 0 Å². The van der Waals surface area contributed by atoms with E-state index in [2.05, 4.69) is 11.9 Å². The van der Waals surface area contributed by atoms with Crippen molar-refractivity contribution in [2.45, 2.75) is 65.5 Å². The predicted octanol–water partition coefficient (Wildman–Crippen LogP) is 3.50. The van der Waals surface area contributed by atoms with Gasteiger partial charge in [0, 0.05) is 29.6 Å². The van der Waals surface area contributed by atoms with Gasteiger partial charge in [-0.15, -0.1) is 0 Å². The van der Waals surface area contributed by atoms with E-state index in [1.807, 2.05) is 19.9 Å². The number of hydrogen-bond donors (Lipinski definition) is 1. The Balaban J connectivity index is 2.21. The van der Waals surface area contributed by atoms with E-state index in [0.717, 1.165) is 22.7 Å². The first-order valence-corrected chi connectivity index (χ1v) is 7.49. The summed E-state index contributed by atoms with van der Waals surface area (Å²) in [4.78, 5) is 4.48. The van der Waals surface area contributed by atoms with Gasteiger partial charge in [0.1, 0.15) is 11.9 Å². The van der Waals surface area contributed by atoms with Crippen molar-refractivity contribution < 1.29 is 4.74 Å². The summed E-state index contributed by atoms with van der Waals surface area (Å²) in [6, 6.07) is 2.04. The van der Waals surface area contributed by atoms with Crippen molar-refractivity contribution in [2.75, 3.05) is 0 Å². The molecule has 1 fully saturated rings. The normalized spacial score (nSPS) is 23.4. The Labute approximate surface area is 116 Å². The summed E-state index contributed by atoms with van der Waals surface area (Å²) in [7, 11) is 0. The van der Waals surface area contributed by atoms with Crippen LogP contribution in [-0.2, 0) is 6.54 Å². The Kier molecular flexibility index (Phi) is 4.81. The number of aromatic nitrogens is 1. The summed E-state index contributed by atoms with van der Waals surface area (Å²) in [5, 5.41) is 0. The molecule has 1 aliphatic carbocycles. The van der Waals surface area contributed by atoms with Crippen molar-refractivity contribution in [2.24, 2.45) is 11.7 Å². The van der Waals surface area contributed by atoms with E-state index >= 15 is 0 Å². The number of rotatable bonds is 4. The Morgan fingerprint density at radius 2 is 2.05 bits per heavy atom. The first-order valence-electron chi connectivity index (χ1n) is 7.49. The molecule has 1 aromatic heterocycles. The van der Waals surface area contributed by atoms with Gasteiger partial charge in [-0.05, 0) is 45.4 Å². The Morgan fingerprint density at radius 3 is 2.74 bits per heavy atom. The van der Waals surface area contributed by atoms with E-state index in [1.165, 1.54) is 32.1 Å². The molecule has 0 radical (unpaired) electrons. The van der Waals surface area contributed by atoms with Crippen molar-refractivity contribution in [3.8, 4) is 5.75 Å². The van der Waals surface area contributed by atoms with Gasteiger partial charge in [-0.25, -0.2) is 0 Å². The molecule has 1 aromatic rings. The number of hydrogen-bond acceptors (Lipinski definition) is 3. The van der Waals surface area contributed by atoms with E-state index in [4.69, 9.17) is 10.5 Å². The lowest BCUT2D eigenvalue weighted by molar-refractivity contribution is 0.0892. The van der Waals surface area contributed by atoms with Gasteiger partial charge in [-0.1, -0.05) is 13.3 Å². The lowest BCUT2D eigenvalue weighted by Crippen LogP contribution is -2.30. The minimum atomic E-state index is 0.352. The summed E-state index contributed by atoms with van der Waals surface area (Å²) in [5.74, 6) is 1.64. The summed E-state index contributed by atoms with van der Waals surface area (Å²) in [6.45, 7) is 6.79. The molecular formula is C16H26N2O. The monoisotopic (exact) mass is 262 g/mol. The van der Waals surface area contributed by atoms with Crippen molar-refractivity contribution in [3.05, 3.63) is 23.0 Å². The number of nitrogens with two attached hydrogens (primary N) is 1. The topological polar surface area (TPSA) is 48.1 Å². The lowest BCUT2D eigenvalue weighted by atomic mass is 9.84. The van der Waals surface area contributed by atoms with E-state index in [0.29, 0.717) is 18.6 Å². The first-order chi connectivity index (χ1) is 9.15. The fourth-order valence-corrected chi connectivity index (χ4v) is 3.13. The van der Waals surface area contributed by atoms with Crippen LogP contribution in [0.1, 0.15) is 56.0 Å². The quantitative estimate of drug-likeness (QED) is 0.903. The number of aryl methyl sites for hydroxylation is 2. The van der Waals surface area contributed by atoms with E-state index < -0.39 is 0 Å². The molecule has 2 atom stereocenters. The van der Waals surface area contributed by atoms with Crippen LogP contribution in [0.4, 0.5) is 0 Å². The van der Waals surface area contributed by atoms with E-state index in [-0.39, 0.29) is 0 Å². The maximum Gasteiger partial charge on any atom is 0.127 e. The van der Waals surface area contributed by atoms with Gasteiger partial charge in [0.15, 0.2) is 0 Å². The zero-order chi connectivity index (χ0) is 13.8. The zero-order valence-corrected chi connectivity index (χ0v) is 12.4. The standard InChI is InChI=1S/C16H26N2O/c1-4-13-7-5-6-8-15(13)19-16-9-11(2)18-12(3)14(16)10-17/h9,13,15H,4-8,10,17H2,1-3H3. The molecule has 19 heavy (non-hydrogen) atoms. The average molecular weight is 262 g/mol. The smallest absolute Gasteiger partial charge is 0.127 e. The largest absolute Gasteiger partial charge is 0.490 e. The van der Waals surface area contributed by atoms with Gasteiger partial charge in [0.2, 0.25) is 0 Å². The molecule has 3 nitrogen and oxygen atoms in total. The van der Waals surface area contributed by atoms with Crippen LogP contribution < -0.4 is 10.5 Å². The van der Waals surface area contributed by atoms with Gasteiger partial charge >= 0.3 is 0 Å². The average Bonchev–Trinajstić information content (AvgIpc) is 2.39. The minimum absolute atomic E-state index is 0.352. The maximum absolute atomic E-state index is 6.32. The van der Waals surface area contributed by atoms with Crippen LogP contribution in [0.15, 0.2) is 6.07 Å². The molecule has 106 valence electrons. The third-order valence-corrected chi connectivity index (χ3v) is 4.26. The molecule has 0 bridgehead atoms. The van der Waals surface area contributed by atoms with Crippen LogP contribution in [0, 0.1) is 19.8 Å². The Bertz CT molecular complexity index is 431. The third kappa shape index (κ3) is 3.27. The van der Waals surface area contributed by atoms with Gasteiger partial charge in [0.05, 0.1) is 0 Å². The van der Waals surface area contributed by atoms with Crippen LogP contribution in [0.25, 0.3) is 0 Å². The second-order valence-corrected chi connectivity index (χ2v) is 5.64. The van der Waals surface area contributed by atoms with Crippen molar-refractivity contribution in [1.29, 1.82) is 0 Å². The molecule has 0 amide bonds. The van der Waals surface area contributed by atoms with Gasteiger partial charge in [-0.2, -0.15) is 0 Å². The second kappa shape index (κ2) is 6.38. The Morgan fingerprint density at radius 1 is 1.32 bits per heavy atom. The lowest BCUT2D eigenvalue weighted by Gasteiger charge is -2.32. The van der Waals surface area contributed by atoms with Crippen molar-refractivity contribution in [3.63, 3.8) is 0 Å². The maximum atomic E-state index is 6.32. The fourth-order valence-electron chi connectivity index (χ4n) is 3.13. The molecule has 1 aliphatic rings. The van der Waals surface area contributed by atoms with Crippen LogP contribution in [-0.4, -0.2) is 11.1 Å². The molecule has 1 saturated carbocycles. The van der Waals surface area contributed by atoms with Crippen LogP contribution in [0.5, 0.6) is 5.75 Å². The minimum Gasteiger partial charge on any atom is -0.490 e. The molecule has 2 N–H and O–H groups in total. The molecule has 0 aromatic carbocycles. The second-order valence-electron chi connectivity index (χ2n) is 5.64. The summed E-state index contributed by atoms with van der Waals surface area (Å²) < 4.78 is 6.32. The van der Waals surface area contributed by atoms with Crippen LogP contribution in [0.2, 0.25) is 0 Å². The molecule has 0 saturated heterocycles. The predicted molar refractivity (Wildman–Crippen MR) is 78.3 cm³/mol. The molecule has 0 aliphatic heterocycles. The molecule has 1 heterocycles. The number of pyridine rings is 1. The van der Waals surface area contributed by atoms with Crippen LogP contribution >= 0.6 is 0 Å². The van der Waals surface area contributed by atoms with Crippen molar-refractivity contribution >= 4 is 0 Å². The molecule has 0 spiro atoms. The summed E-state index contributed by atoms with van der Waals surface area (Å²) >= 11 is 0. The van der Waals surface area contributed by atoms with Crippen molar-refractivity contribution in [1.82, 2.24) is 4.98 Å². The SMILES string of the molecule is CCC1CCCCC1Oc1cc(C)nc(C)c1CN. The molecule has 2 rings (SSSR count). The third-order valence-electron chi connectivity index (χ3n) is 4.26. The highest BCUT2D eigenvalue weighted by atomic mass is 16.5. The number of nitrogens with zero attached hydrogens (tertiary/aromatic N) is 1. The Hall–Kier alpha value is -1.09. The molecular weight excluding hydrogens is 236 g/mol. The van der Waals surface area contributed by atoms with Gasteiger partial charge < -0.3 is 10.5 Å². The number of ether oxygens (including phenoxy) is 1. The van der Waals surface area contributed by atoms with Gasteiger partial charge in [0.25, 0.3) is 0 Å². The zero-order valence-electron chi connectivity index (χ0n) is 12.4. The fraction of sp³-hybridized carbons (Fsp3) is 0.688. The highest BCUT2D eigenvalue weighted by Crippen LogP contribution is 2.32. The van der Waals surface area contributed by atoms with E-state index in [1.54, 1.807) is 0 Å². The molecule has 3 heteroatoms. The summed E-state index contributed by atoms with van der Waals surface area (Å²) in [6.07, 6.45) is 6.64.